The van der Waals surface area contributed by atoms with Gasteiger partial charge in [-0.1, -0.05) is 25.3 Å². The Hall–Kier alpha value is -1.30. The summed E-state index contributed by atoms with van der Waals surface area (Å²) in [5.74, 6) is 0.426. The molecule has 6 heteroatoms. The van der Waals surface area contributed by atoms with Crippen molar-refractivity contribution in [1.82, 2.24) is 14.5 Å². The van der Waals surface area contributed by atoms with E-state index in [9.17, 15) is 9.59 Å². The third kappa shape index (κ3) is 2.83. The van der Waals surface area contributed by atoms with Crippen molar-refractivity contribution in [3.05, 3.63) is 10.6 Å². The number of amides is 1. The largest absolute Gasteiger partial charge is 0.337 e. The van der Waals surface area contributed by atoms with Crippen LogP contribution in [0.15, 0.2) is 0 Å². The van der Waals surface area contributed by atoms with Crippen molar-refractivity contribution in [2.75, 3.05) is 13.1 Å². The molecule has 0 saturated carbocycles. The van der Waals surface area contributed by atoms with Crippen LogP contribution in [0.1, 0.15) is 54.9 Å². The number of piperidine rings is 1. The van der Waals surface area contributed by atoms with Crippen LogP contribution in [-0.2, 0) is 4.79 Å². The monoisotopic (exact) mass is 281 g/mol. The quantitative estimate of drug-likeness (QED) is 0.851. The van der Waals surface area contributed by atoms with Gasteiger partial charge < -0.3 is 4.90 Å². The molecule has 0 aliphatic carbocycles. The molecule has 1 aromatic heterocycles. The number of carbonyl (C=O) groups excluding carboxylic acids is 2. The van der Waals surface area contributed by atoms with Crippen LogP contribution in [0.4, 0.5) is 0 Å². The molecule has 1 fully saturated rings. The molecule has 104 valence electrons. The standard InChI is InChI=1S/C13H19N3O2S/c1-4-9-7-16(6-5-10(9)17)13(18)12-11(8(2)3)14-15-19-12/h8-9H,4-7H2,1-3H3. The number of carbonyl (C=O) groups is 2. The maximum absolute atomic E-state index is 12.5. The topological polar surface area (TPSA) is 63.2 Å². The number of likely N-dealkylation sites (tertiary alicyclic amines) is 1. The van der Waals surface area contributed by atoms with Gasteiger partial charge in [0.05, 0.1) is 5.69 Å². The second-order valence-electron chi connectivity index (χ2n) is 5.21. The summed E-state index contributed by atoms with van der Waals surface area (Å²) < 4.78 is 3.89. The zero-order chi connectivity index (χ0) is 14.0. The number of aromatic nitrogens is 2. The summed E-state index contributed by atoms with van der Waals surface area (Å²) in [6.07, 6.45) is 1.26. The molecular formula is C13H19N3O2S. The van der Waals surface area contributed by atoms with Crippen LogP contribution in [0.3, 0.4) is 0 Å². The van der Waals surface area contributed by atoms with Gasteiger partial charge in [0.25, 0.3) is 5.91 Å². The summed E-state index contributed by atoms with van der Waals surface area (Å²) in [4.78, 5) is 26.6. The molecule has 0 N–H and O–H groups in total. The Balaban J connectivity index is 2.16. The first-order chi connectivity index (χ1) is 9.04. The Morgan fingerprint density at radius 1 is 1.53 bits per heavy atom. The number of hydrogen-bond acceptors (Lipinski definition) is 5. The molecule has 0 spiro atoms. The van der Waals surface area contributed by atoms with Gasteiger partial charge >= 0.3 is 0 Å². The van der Waals surface area contributed by atoms with E-state index in [1.165, 1.54) is 0 Å². The van der Waals surface area contributed by atoms with Gasteiger partial charge in [0.15, 0.2) is 0 Å². The maximum Gasteiger partial charge on any atom is 0.267 e. The second kappa shape index (κ2) is 5.77. The lowest BCUT2D eigenvalue weighted by Gasteiger charge is -2.31. The minimum atomic E-state index is -0.0235. The molecule has 1 saturated heterocycles. The molecule has 1 aliphatic heterocycles. The highest BCUT2D eigenvalue weighted by Gasteiger charge is 2.31. The summed E-state index contributed by atoms with van der Waals surface area (Å²) in [5.41, 5.74) is 0.764. The average molecular weight is 281 g/mol. The molecule has 1 aromatic rings. The summed E-state index contributed by atoms with van der Waals surface area (Å²) in [7, 11) is 0. The Morgan fingerprint density at radius 3 is 2.89 bits per heavy atom. The molecular weight excluding hydrogens is 262 g/mol. The van der Waals surface area contributed by atoms with Crippen LogP contribution in [0, 0.1) is 5.92 Å². The van der Waals surface area contributed by atoms with Crippen LogP contribution in [0.25, 0.3) is 0 Å². The zero-order valence-electron chi connectivity index (χ0n) is 11.5. The lowest BCUT2D eigenvalue weighted by molar-refractivity contribution is -0.125. The van der Waals surface area contributed by atoms with Crippen LogP contribution < -0.4 is 0 Å². The Bertz CT molecular complexity index is 484. The molecule has 2 heterocycles. The van der Waals surface area contributed by atoms with E-state index in [1.54, 1.807) is 4.90 Å². The highest BCUT2D eigenvalue weighted by atomic mass is 32.1. The Kier molecular flexibility index (Phi) is 4.29. The molecule has 1 unspecified atom stereocenters. The van der Waals surface area contributed by atoms with Crippen LogP contribution in [-0.4, -0.2) is 39.3 Å². The van der Waals surface area contributed by atoms with Gasteiger partial charge in [0, 0.05) is 25.4 Å². The number of rotatable bonds is 3. The third-order valence-electron chi connectivity index (χ3n) is 3.56. The van der Waals surface area contributed by atoms with Gasteiger partial charge in [-0.05, 0) is 23.9 Å². The predicted molar refractivity (Wildman–Crippen MR) is 73.3 cm³/mol. The minimum absolute atomic E-state index is 0.0129. The predicted octanol–water partition coefficient (Wildman–Crippen LogP) is 2.10. The normalized spacial score (nSPS) is 20.1. The van der Waals surface area contributed by atoms with E-state index >= 15 is 0 Å². The van der Waals surface area contributed by atoms with E-state index in [0.29, 0.717) is 24.4 Å². The maximum atomic E-state index is 12.5. The highest BCUT2D eigenvalue weighted by Crippen LogP contribution is 2.24. The van der Waals surface area contributed by atoms with Crippen LogP contribution in [0.5, 0.6) is 0 Å². The SMILES string of the molecule is CCC1CN(C(=O)c2snnc2C(C)C)CCC1=O. The first-order valence-corrected chi connectivity index (χ1v) is 7.46. The van der Waals surface area contributed by atoms with Gasteiger partial charge in [-0.3, -0.25) is 9.59 Å². The van der Waals surface area contributed by atoms with Crippen molar-refractivity contribution < 1.29 is 9.59 Å². The first-order valence-electron chi connectivity index (χ1n) is 6.68. The number of hydrogen-bond donors (Lipinski definition) is 0. The van der Waals surface area contributed by atoms with Crippen molar-refractivity contribution in [3.63, 3.8) is 0 Å². The lowest BCUT2D eigenvalue weighted by atomic mass is 9.94. The van der Waals surface area contributed by atoms with Gasteiger partial charge in [0.2, 0.25) is 0 Å². The van der Waals surface area contributed by atoms with Crippen LogP contribution >= 0.6 is 11.5 Å². The molecule has 2 rings (SSSR count). The van der Waals surface area contributed by atoms with Gasteiger partial charge in [-0.15, -0.1) is 5.10 Å². The highest BCUT2D eigenvalue weighted by molar-refractivity contribution is 7.08. The molecule has 1 amide bonds. The summed E-state index contributed by atoms with van der Waals surface area (Å²) in [6, 6.07) is 0. The molecule has 0 aromatic carbocycles. The van der Waals surface area contributed by atoms with E-state index in [0.717, 1.165) is 23.6 Å². The molecule has 5 nitrogen and oxygen atoms in total. The first kappa shape index (κ1) is 14.1. The molecule has 1 aliphatic rings. The number of Topliss-reactive ketones (excluding diaryl/α,β-unsaturated/α-hetero) is 1. The van der Waals surface area contributed by atoms with Crippen LogP contribution in [0.2, 0.25) is 0 Å². The smallest absolute Gasteiger partial charge is 0.267 e. The van der Waals surface area contributed by atoms with E-state index in [4.69, 9.17) is 0 Å². The second-order valence-corrected chi connectivity index (χ2v) is 5.97. The fourth-order valence-corrected chi connectivity index (χ4v) is 3.10. The Labute approximate surface area is 117 Å². The summed E-state index contributed by atoms with van der Waals surface area (Å²) in [6.45, 7) is 7.04. The fraction of sp³-hybridized carbons (Fsp3) is 0.692. The van der Waals surface area contributed by atoms with Crippen molar-refractivity contribution in [2.45, 2.75) is 39.5 Å². The summed E-state index contributed by atoms with van der Waals surface area (Å²) >= 11 is 1.15. The van der Waals surface area contributed by atoms with Gasteiger partial charge in [-0.2, -0.15) is 0 Å². The van der Waals surface area contributed by atoms with E-state index in [2.05, 4.69) is 9.59 Å². The van der Waals surface area contributed by atoms with Crippen molar-refractivity contribution in [2.24, 2.45) is 5.92 Å². The minimum Gasteiger partial charge on any atom is -0.337 e. The zero-order valence-corrected chi connectivity index (χ0v) is 12.4. The van der Waals surface area contributed by atoms with Crippen molar-refractivity contribution >= 4 is 23.2 Å². The summed E-state index contributed by atoms with van der Waals surface area (Å²) in [5, 5.41) is 4.04. The average Bonchev–Trinajstić information content (AvgIpc) is 2.87. The third-order valence-corrected chi connectivity index (χ3v) is 4.29. The lowest BCUT2D eigenvalue weighted by Crippen LogP contribution is -2.44. The van der Waals surface area contributed by atoms with E-state index in [-0.39, 0.29) is 23.5 Å². The Morgan fingerprint density at radius 2 is 2.26 bits per heavy atom. The van der Waals surface area contributed by atoms with Crippen molar-refractivity contribution in [1.29, 1.82) is 0 Å². The molecule has 1 atom stereocenters. The van der Waals surface area contributed by atoms with Gasteiger partial charge in [0.1, 0.15) is 10.7 Å². The van der Waals surface area contributed by atoms with Gasteiger partial charge in [-0.25, -0.2) is 0 Å². The number of ketones is 1. The molecule has 19 heavy (non-hydrogen) atoms. The van der Waals surface area contributed by atoms with E-state index < -0.39 is 0 Å². The molecule has 0 radical (unpaired) electrons. The fourth-order valence-electron chi connectivity index (χ4n) is 2.32. The number of nitrogens with zero attached hydrogens (tertiary/aromatic N) is 3. The molecule has 0 bridgehead atoms. The van der Waals surface area contributed by atoms with Crippen molar-refractivity contribution in [3.8, 4) is 0 Å². The van der Waals surface area contributed by atoms with E-state index in [1.807, 2.05) is 20.8 Å².